The van der Waals surface area contributed by atoms with Crippen LogP contribution in [0.15, 0.2) is 36.7 Å². The Morgan fingerprint density at radius 3 is 2.81 bits per heavy atom. The molecule has 0 spiro atoms. The van der Waals surface area contributed by atoms with E-state index >= 15 is 0 Å². The van der Waals surface area contributed by atoms with Gasteiger partial charge in [-0.3, -0.25) is 0 Å². The zero-order valence-corrected chi connectivity index (χ0v) is 13.2. The molecule has 1 heterocycles. The van der Waals surface area contributed by atoms with Crippen molar-refractivity contribution in [3.63, 3.8) is 0 Å². The third kappa shape index (κ3) is 4.06. The Labute approximate surface area is 126 Å². The Morgan fingerprint density at radius 1 is 1.38 bits per heavy atom. The van der Waals surface area contributed by atoms with Crippen molar-refractivity contribution >= 4 is 0 Å². The second kappa shape index (κ2) is 7.24. The molecule has 0 aliphatic carbocycles. The molecule has 1 aromatic carbocycles. The van der Waals surface area contributed by atoms with Gasteiger partial charge in [-0.2, -0.15) is 0 Å². The van der Waals surface area contributed by atoms with Crippen LogP contribution >= 0.6 is 0 Å². The molecular formula is C16H24N4O. The minimum atomic E-state index is 0.292. The fourth-order valence-electron chi connectivity index (χ4n) is 2.33. The zero-order valence-electron chi connectivity index (χ0n) is 13.2. The third-order valence-electron chi connectivity index (χ3n) is 3.64. The standard InChI is InChI=1S/C16H24N4O/c1-19(2)15(13-6-5-7-14(10-13)21-4)11-17-12-16-18-8-9-20(16)3/h5-10,15,17H,11-12H2,1-4H3. The predicted octanol–water partition coefficient (Wildman–Crippen LogP) is 1.82. The fraction of sp³-hybridized carbons (Fsp3) is 0.438. The smallest absolute Gasteiger partial charge is 0.122 e. The highest BCUT2D eigenvalue weighted by atomic mass is 16.5. The van der Waals surface area contributed by atoms with Crippen molar-refractivity contribution in [1.82, 2.24) is 19.8 Å². The summed E-state index contributed by atoms with van der Waals surface area (Å²) in [5.74, 6) is 1.93. The SMILES string of the molecule is COc1cccc(C(CNCc2nccn2C)N(C)C)c1. The number of ether oxygens (including phenoxy) is 1. The molecule has 0 saturated heterocycles. The summed E-state index contributed by atoms with van der Waals surface area (Å²) in [6.07, 6.45) is 3.78. The number of nitrogens with one attached hydrogen (secondary N) is 1. The van der Waals surface area contributed by atoms with Gasteiger partial charge in [0.25, 0.3) is 0 Å². The van der Waals surface area contributed by atoms with Gasteiger partial charge in [-0.1, -0.05) is 12.1 Å². The van der Waals surface area contributed by atoms with Gasteiger partial charge in [-0.05, 0) is 31.8 Å². The molecule has 0 amide bonds. The van der Waals surface area contributed by atoms with E-state index in [1.807, 2.05) is 36.1 Å². The van der Waals surface area contributed by atoms with E-state index in [9.17, 15) is 0 Å². The number of hydrogen-bond acceptors (Lipinski definition) is 4. The van der Waals surface area contributed by atoms with Crippen LogP contribution in [0.1, 0.15) is 17.4 Å². The predicted molar refractivity (Wildman–Crippen MR) is 84.3 cm³/mol. The summed E-state index contributed by atoms with van der Waals surface area (Å²) in [6, 6.07) is 8.52. The van der Waals surface area contributed by atoms with Crippen molar-refractivity contribution in [3.05, 3.63) is 48.0 Å². The first kappa shape index (κ1) is 15.5. The van der Waals surface area contributed by atoms with Crippen molar-refractivity contribution in [3.8, 4) is 5.75 Å². The lowest BCUT2D eigenvalue weighted by Crippen LogP contribution is -2.31. The minimum absolute atomic E-state index is 0.292. The monoisotopic (exact) mass is 288 g/mol. The molecule has 1 atom stereocenters. The average molecular weight is 288 g/mol. The molecule has 2 aromatic rings. The van der Waals surface area contributed by atoms with E-state index in [1.54, 1.807) is 7.11 Å². The van der Waals surface area contributed by atoms with Crippen molar-refractivity contribution in [2.75, 3.05) is 27.7 Å². The van der Waals surface area contributed by atoms with Gasteiger partial charge in [0.05, 0.1) is 13.7 Å². The number of imidazole rings is 1. The Kier molecular flexibility index (Phi) is 5.36. The third-order valence-corrected chi connectivity index (χ3v) is 3.64. The van der Waals surface area contributed by atoms with Gasteiger partial charge in [-0.15, -0.1) is 0 Å². The normalized spacial score (nSPS) is 12.6. The Morgan fingerprint density at radius 2 is 2.19 bits per heavy atom. The van der Waals surface area contributed by atoms with Crippen molar-refractivity contribution in [2.24, 2.45) is 7.05 Å². The molecule has 5 heteroatoms. The Balaban J connectivity index is 2.00. The number of methoxy groups -OCH3 is 1. The summed E-state index contributed by atoms with van der Waals surface area (Å²) in [4.78, 5) is 6.53. The molecular weight excluding hydrogens is 264 g/mol. The number of aromatic nitrogens is 2. The fourth-order valence-corrected chi connectivity index (χ4v) is 2.33. The van der Waals surface area contributed by atoms with Gasteiger partial charge in [0.1, 0.15) is 11.6 Å². The van der Waals surface area contributed by atoms with Gasteiger partial charge in [0.15, 0.2) is 0 Å². The first-order chi connectivity index (χ1) is 10.1. The van der Waals surface area contributed by atoms with Gasteiger partial charge in [0, 0.05) is 32.0 Å². The van der Waals surface area contributed by atoms with Crippen LogP contribution in [0, 0.1) is 0 Å². The lowest BCUT2D eigenvalue weighted by atomic mass is 10.1. The maximum atomic E-state index is 5.31. The number of likely N-dealkylation sites (N-methyl/N-ethyl adjacent to an activating group) is 1. The van der Waals surface area contributed by atoms with E-state index in [0.717, 1.165) is 24.7 Å². The highest BCUT2D eigenvalue weighted by molar-refractivity contribution is 5.30. The molecule has 0 saturated carbocycles. The maximum Gasteiger partial charge on any atom is 0.122 e. The summed E-state index contributed by atoms with van der Waals surface area (Å²) in [5, 5.41) is 3.48. The van der Waals surface area contributed by atoms with Gasteiger partial charge in [0.2, 0.25) is 0 Å². The average Bonchev–Trinajstić information content (AvgIpc) is 2.88. The molecule has 0 fully saturated rings. The molecule has 0 aliphatic rings. The van der Waals surface area contributed by atoms with Gasteiger partial charge < -0.3 is 19.5 Å². The lowest BCUT2D eigenvalue weighted by molar-refractivity contribution is 0.286. The molecule has 1 N–H and O–H groups in total. The number of hydrogen-bond donors (Lipinski definition) is 1. The Hall–Kier alpha value is -1.85. The molecule has 114 valence electrons. The lowest BCUT2D eigenvalue weighted by Gasteiger charge is -2.25. The molecule has 0 aliphatic heterocycles. The van der Waals surface area contributed by atoms with Crippen LogP contribution in [0.4, 0.5) is 0 Å². The minimum Gasteiger partial charge on any atom is -0.497 e. The summed E-state index contributed by atoms with van der Waals surface area (Å²) in [7, 11) is 7.89. The summed E-state index contributed by atoms with van der Waals surface area (Å²) < 4.78 is 7.34. The van der Waals surface area contributed by atoms with Crippen LogP contribution in [-0.4, -0.2) is 42.2 Å². The van der Waals surface area contributed by atoms with Crippen LogP contribution in [0.5, 0.6) is 5.75 Å². The number of nitrogens with zero attached hydrogens (tertiary/aromatic N) is 3. The molecule has 21 heavy (non-hydrogen) atoms. The number of rotatable bonds is 7. The highest BCUT2D eigenvalue weighted by Crippen LogP contribution is 2.22. The van der Waals surface area contributed by atoms with E-state index in [0.29, 0.717) is 6.04 Å². The maximum absolute atomic E-state index is 5.31. The van der Waals surface area contributed by atoms with Crippen molar-refractivity contribution < 1.29 is 4.74 Å². The van der Waals surface area contributed by atoms with E-state index in [2.05, 4.69) is 41.4 Å². The first-order valence-electron chi connectivity index (χ1n) is 7.09. The summed E-state index contributed by atoms with van der Waals surface area (Å²) in [5.41, 5.74) is 1.24. The number of benzene rings is 1. The van der Waals surface area contributed by atoms with Crippen LogP contribution in [-0.2, 0) is 13.6 Å². The quantitative estimate of drug-likeness (QED) is 0.844. The molecule has 1 aromatic heterocycles. The van der Waals surface area contributed by atoms with E-state index in [-0.39, 0.29) is 0 Å². The van der Waals surface area contributed by atoms with Gasteiger partial charge in [-0.25, -0.2) is 4.98 Å². The summed E-state index contributed by atoms with van der Waals surface area (Å²) >= 11 is 0. The van der Waals surface area contributed by atoms with Crippen molar-refractivity contribution in [1.29, 1.82) is 0 Å². The molecule has 1 unspecified atom stereocenters. The van der Waals surface area contributed by atoms with Gasteiger partial charge >= 0.3 is 0 Å². The first-order valence-corrected chi connectivity index (χ1v) is 7.09. The molecule has 2 rings (SSSR count). The zero-order chi connectivity index (χ0) is 15.2. The topological polar surface area (TPSA) is 42.3 Å². The second-order valence-electron chi connectivity index (χ2n) is 5.34. The van der Waals surface area contributed by atoms with E-state index in [1.165, 1.54) is 5.56 Å². The van der Waals surface area contributed by atoms with Crippen LogP contribution < -0.4 is 10.1 Å². The van der Waals surface area contributed by atoms with E-state index < -0.39 is 0 Å². The van der Waals surface area contributed by atoms with E-state index in [4.69, 9.17) is 4.74 Å². The molecule has 0 bridgehead atoms. The largest absolute Gasteiger partial charge is 0.497 e. The van der Waals surface area contributed by atoms with Crippen LogP contribution in [0.2, 0.25) is 0 Å². The molecule has 0 radical (unpaired) electrons. The second-order valence-corrected chi connectivity index (χ2v) is 5.34. The number of aryl methyl sites for hydroxylation is 1. The Bertz CT molecular complexity index is 565. The van der Waals surface area contributed by atoms with Crippen LogP contribution in [0.3, 0.4) is 0 Å². The van der Waals surface area contributed by atoms with Crippen LogP contribution in [0.25, 0.3) is 0 Å². The molecule has 5 nitrogen and oxygen atoms in total. The van der Waals surface area contributed by atoms with Crippen molar-refractivity contribution in [2.45, 2.75) is 12.6 Å². The summed E-state index contributed by atoms with van der Waals surface area (Å²) in [6.45, 7) is 1.62. The highest BCUT2D eigenvalue weighted by Gasteiger charge is 2.14.